The molecule has 1 aromatic heterocycles. The molecule has 1 aromatic rings. The van der Waals surface area contributed by atoms with Gasteiger partial charge in [0.05, 0.1) is 12.2 Å². The molecule has 3 rings (SSSR count). The second-order valence-corrected chi connectivity index (χ2v) is 10.5. The standard InChI is InChI=1S/C18H29N3O4S2/c1-14-12-20(13-15(2)25-14)10-7-19-18(22)16-5-8-21(9-6-16)27(23,24)17-4-3-11-26-17/h3-4,11,14-16H,5-10,12-13H2,1-2H3,(H,19,22). The minimum atomic E-state index is -3.41. The molecule has 9 heteroatoms. The van der Waals surface area contributed by atoms with Crippen molar-refractivity contribution in [3.63, 3.8) is 0 Å². The van der Waals surface area contributed by atoms with E-state index < -0.39 is 10.0 Å². The average molecular weight is 416 g/mol. The first-order chi connectivity index (χ1) is 12.9. The van der Waals surface area contributed by atoms with Crippen LogP contribution in [0, 0.1) is 5.92 Å². The number of thiophene rings is 1. The maximum atomic E-state index is 12.5. The molecule has 0 saturated carbocycles. The van der Waals surface area contributed by atoms with Crippen LogP contribution in [0.25, 0.3) is 0 Å². The maximum Gasteiger partial charge on any atom is 0.252 e. The zero-order valence-electron chi connectivity index (χ0n) is 16.0. The van der Waals surface area contributed by atoms with Crippen molar-refractivity contribution in [1.82, 2.24) is 14.5 Å². The van der Waals surface area contributed by atoms with Crippen molar-refractivity contribution < 1.29 is 17.9 Å². The smallest absolute Gasteiger partial charge is 0.252 e. The topological polar surface area (TPSA) is 79.0 Å². The molecular weight excluding hydrogens is 386 g/mol. The first-order valence-electron chi connectivity index (χ1n) is 9.55. The molecular formula is C18H29N3O4S2. The van der Waals surface area contributed by atoms with Gasteiger partial charge in [0.2, 0.25) is 5.91 Å². The number of hydrogen-bond acceptors (Lipinski definition) is 6. The number of morpholine rings is 1. The minimum Gasteiger partial charge on any atom is -0.373 e. The van der Waals surface area contributed by atoms with E-state index in [2.05, 4.69) is 24.1 Å². The molecule has 152 valence electrons. The summed E-state index contributed by atoms with van der Waals surface area (Å²) >= 11 is 1.23. The van der Waals surface area contributed by atoms with E-state index in [1.165, 1.54) is 15.6 Å². The number of carbonyl (C=O) groups is 1. The highest BCUT2D eigenvalue weighted by Crippen LogP contribution is 2.26. The van der Waals surface area contributed by atoms with E-state index in [0.717, 1.165) is 19.6 Å². The van der Waals surface area contributed by atoms with Gasteiger partial charge in [0, 0.05) is 45.2 Å². The second kappa shape index (κ2) is 9.00. The van der Waals surface area contributed by atoms with E-state index in [1.807, 2.05) is 0 Å². The molecule has 0 radical (unpaired) electrons. The van der Waals surface area contributed by atoms with Crippen molar-refractivity contribution in [3.8, 4) is 0 Å². The minimum absolute atomic E-state index is 0.0394. The number of carbonyl (C=O) groups excluding carboxylic acids is 1. The summed E-state index contributed by atoms with van der Waals surface area (Å²) in [6, 6.07) is 3.37. The molecule has 1 N–H and O–H groups in total. The molecule has 1 amide bonds. The largest absolute Gasteiger partial charge is 0.373 e. The molecule has 2 aliphatic rings. The van der Waals surface area contributed by atoms with E-state index in [0.29, 0.717) is 36.7 Å². The van der Waals surface area contributed by atoms with Gasteiger partial charge in [-0.1, -0.05) is 6.07 Å². The number of nitrogens with one attached hydrogen (secondary N) is 1. The van der Waals surface area contributed by atoms with Crippen molar-refractivity contribution >= 4 is 27.3 Å². The van der Waals surface area contributed by atoms with Gasteiger partial charge < -0.3 is 10.1 Å². The van der Waals surface area contributed by atoms with Gasteiger partial charge in [0.25, 0.3) is 10.0 Å². The number of hydrogen-bond donors (Lipinski definition) is 1. The molecule has 2 fully saturated rings. The zero-order chi connectivity index (χ0) is 19.4. The Morgan fingerprint density at radius 1 is 1.26 bits per heavy atom. The summed E-state index contributed by atoms with van der Waals surface area (Å²) in [7, 11) is -3.41. The average Bonchev–Trinajstić information content (AvgIpc) is 3.16. The van der Waals surface area contributed by atoms with Gasteiger partial charge in [-0.25, -0.2) is 8.42 Å². The van der Waals surface area contributed by atoms with Gasteiger partial charge in [-0.15, -0.1) is 11.3 Å². The molecule has 0 aromatic carbocycles. The van der Waals surface area contributed by atoms with Crippen molar-refractivity contribution in [2.45, 2.75) is 43.1 Å². The quantitative estimate of drug-likeness (QED) is 0.759. The predicted octanol–water partition coefficient (Wildman–Crippen LogP) is 1.37. The first kappa shape index (κ1) is 20.7. The molecule has 7 nitrogen and oxygen atoms in total. The first-order valence-corrected chi connectivity index (χ1v) is 11.9. The van der Waals surface area contributed by atoms with E-state index in [4.69, 9.17) is 4.74 Å². The monoisotopic (exact) mass is 415 g/mol. The van der Waals surface area contributed by atoms with Crippen LogP contribution in [0.15, 0.2) is 21.7 Å². The lowest BCUT2D eigenvalue weighted by atomic mass is 9.97. The van der Waals surface area contributed by atoms with Crippen LogP contribution >= 0.6 is 11.3 Å². The zero-order valence-corrected chi connectivity index (χ0v) is 17.6. The Hall–Kier alpha value is -1.00. The molecule has 0 aliphatic carbocycles. The second-order valence-electron chi connectivity index (χ2n) is 7.42. The molecule has 2 atom stereocenters. The van der Waals surface area contributed by atoms with Gasteiger partial charge in [-0.05, 0) is 38.1 Å². The molecule has 0 spiro atoms. The van der Waals surface area contributed by atoms with Crippen LogP contribution in [0.1, 0.15) is 26.7 Å². The highest BCUT2D eigenvalue weighted by Gasteiger charge is 2.32. The van der Waals surface area contributed by atoms with Crippen LogP contribution < -0.4 is 5.32 Å². The van der Waals surface area contributed by atoms with Crippen LogP contribution in [0.3, 0.4) is 0 Å². The van der Waals surface area contributed by atoms with Crippen molar-refractivity contribution in [2.24, 2.45) is 5.92 Å². The van der Waals surface area contributed by atoms with E-state index in [9.17, 15) is 13.2 Å². The SMILES string of the molecule is CC1CN(CCNC(=O)C2CCN(S(=O)(=O)c3cccs3)CC2)CC(C)O1. The van der Waals surface area contributed by atoms with Crippen molar-refractivity contribution in [3.05, 3.63) is 17.5 Å². The Morgan fingerprint density at radius 3 is 2.52 bits per heavy atom. The number of nitrogens with zero attached hydrogens (tertiary/aromatic N) is 2. The Balaban J connectivity index is 1.41. The summed E-state index contributed by atoms with van der Waals surface area (Å²) in [6.45, 7) is 8.14. The highest BCUT2D eigenvalue weighted by atomic mass is 32.2. The van der Waals surface area contributed by atoms with Crippen molar-refractivity contribution in [2.75, 3.05) is 39.3 Å². The highest BCUT2D eigenvalue weighted by molar-refractivity contribution is 7.91. The fourth-order valence-electron chi connectivity index (χ4n) is 3.84. The Bertz CT molecular complexity index is 705. The summed E-state index contributed by atoms with van der Waals surface area (Å²) in [5.74, 6) is -0.0696. The van der Waals surface area contributed by atoms with Gasteiger partial charge >= 0.3 is 0 Å². The van der Waals surface area contributed by atoms with Gasteiger partial charge in [0.1, 0.15) is 4.21 Å². The van der Waals surface area contributed by atoms with Crippen LogP contribution in [0.4, 0.5) is 0 Å². The lowest BCUT2D eigenvalue weighted by Crippen LogP contribution is -2.48. The predicted molar refractivity (Wildman–Crippen MR) is 105 cm³/mol. The fourth-order valence-corrected chi connectivity index (χ4v) is 6.46. The van der Waals surface area contributed by atoms with Gasteiger partial charge in [-0.2, -0.15) is 4.31 Å². The third-order valence-corrected chi connectivity index (χ3v) is 8.41. The summed E-state index contributed by atoms with van der Waals surface area (Å²) in [5.41, 5.74) is 0. The summed E-state index contributed by atoms with van der Waals surface area (Å²) in [4.78, 5) is 14.7. The molecule has 2 saturated heterocycles. The molecule has 2 unspecified atom stereocenters. The normalized spacial score (nSPS) is 26.1. The number of ether oxygens (including phenoxy) is 1. The molecule has 3 heterocycles. The molecule has 2 aliphatic heterocycles. The number of rotatable bonds is 6. The summed E-state index contributed by atoms with van der Waals surface area (Å²) in [5, 5.41) is 4.79. The van der Waals surface area contributed by atoms with Gasteiger partial charge in [-0.3, -0.25) is 9.69 Å². The van der Waals surface area contributed by atoms with Crippen LogP contribution in [-0.4, -0.2) is 75.0 Å². The van der Waals surface area contributed by atoms with Gasteiger partial charge in [0.15, 0.2) is 0 Å². The Morgan fingerprint density at radius 2 is 1.93 bits per heavy atom. The lowest BCUT2D eigenvalue weighted by Gasteiger charge is -2.35. The van der Waals surface area contributed by atoms with E-state index >= 15 is 0 Å². The summed E-state index contributed by atoms with van der Waals surface area (Å²) in [6.07, 6.45) is 1.59. The molecule has 27 heavy (non-hydrogen) atoms. The van der Waals surface area contributed by atoms with Crippen LogP contribution in [0.2, 0.25) is 0 Å². The van der Waals surface area contributed by atoms with Crippen LogP contribution in [-0.2, 0) is 19.6 Å². The lowest BCUT2D eigenvalue weighted by molar-refractivity contribution is -0.126. The Labute approximate surface area is 165 Å². The summed E-state index contributed by atoms with van der Waals surface area (Å²) < 4.78 is 32.7. The maximum absolute atomic E-state index is 12.5. The number of amides is 1. The Kier molecular flexibility index (Phi) is 6.91. The number of piperidine rings is 1. The number of sulfonamides is 1. The molecule has 0 bridgehead atoms. The van der Waals surface area contributed by atoms with E-state index in [1.54, 1.807) is 17.5 Å². The van der Waals surface area contributed by atoms with Crippen LogP contribution in [0.5, 0.6) is 0 Å². The third kappa shape index (κ3) is 5.29. The fraction of sp³-hybridized carbons (Fsp3) is 0.722. The third-order valence-electron chi connectivity index (χ3n) is 5.14. The van der Waals surface area contributed by atoms with Crippen molar-refractivity contribution in [1.29, 1.82) is 0 Å². The van der Waals surface area contributed by atoms with E-state index in [-0.39, 0.29) is 24.0 Å².